The molecule has 0 aromatic carbocycles. The molecule has 0 bridgehead atoms. The Bertz CT molecular complexity index is 160. The standard InChI is InChI=1S/C10H21N3/c11-6-1-3-9-5-8-13-7-2-4-10(13)12-9/h9-10,12H,1-8,11H2. The summed E-state index contributed by atoms with van der Waals surface area (Å²) >= 11 is 0. The summed E-state index contributed by atoms with van der Waals surface area (Å²) in [5.74, 6) is 0. The normalized spacial score (nSPS) is 34.8. The van der Waals surface area contributed by atoms with Crippen LogP contribution in [0.15, 0.2) is 0 Å². The molecule has 2 rings (SSSR count). The number of fused-ring (bicyclic) bond motifs is 1. The fourth-order valence-electron chi connectivity index (χ4n) is 2.55. The summed E-state index contributed by atoms with van der Waals surface area (Å²) in [4.78, 5) is 2.58. The van der Waals surface area contributed by atoms with Crippen LogP contribution in [0, 0.1) is 0 Å². The molecule has 13 heavy (non-hydrogen) atoms. The van der Waals surface area contributed by atoms with Crippen molar-refractivity contribution in [1.29, 1.82) is 0 Å². The fraction of sp³-hybridized carbons (Fsp3) is 1.00. The van der Waals surface area contributed by atoms with Gasteiger partial charge in [-0.1, -0.05) is 0 Å². The molecule has 3 nitrogen and oxygen atoms in total. The van der Waals surface area contributed by atoms with E-state index in [9.17, 15) is 0 Å². The second kappa shape index (κ2) is 4.40. The summed E-state index contributed by atoms with van der Waals surface area (Å²) in [5.41, 5.74) is 5.51. The van der Waals surface area contributed by atoms with E-state index in [1.54, 1.807) is 0 Å². The molecule has 0 spiro atoms. The van der Waals surface area contributed by atoms with Crippen LogP contribution in [0.2, 0.25) is 0 Å². The van der Waals surface area contributed by atoms with Gasteiger partial charge in [0.25, 0.3) is 0 Å². The van der Waals surface area contributed by atoms with E-state index >= 15 is 0 Å². The van der Waals surface area contributed by atoms with Crippen LogP contribution >= 0.6 is 0 Å². The Labute approximate surface area is 80.7 Å². The maximum absolute atomic E-state index is 5.51. The summed E-state index contributed by atoms with van der Waals surface area (Å²) in [6.07, 6.45) is 7.17. The van der Waals surface area contributed by atoms with Gasteiger partial charge in [-0.25, -0.2) is 0 Å². The lowest BCUT2D eigenvalue weighted by Crippen LogP contribution is -2.52. The smallest absolute Gasteiger partial charge is 0.0599 e. The van der Waals surface area contributed by atoms with E-state index in [1.807, 2.05) is 0 Å². The largest absolute Gasteiger partial charge is 0.330 e. The van der Waals surface area contributed by atoms with Crippen molar-refractivity contribution in [3.8, 4) is 0 Å². The first-order valence-electron chi connectivity index (χ1n) is 5.60. The van der Waals surface area contributed by atoms with E-state index in [1.165, 1.54) is 45.2 Å². The van der Waals surface area contributed by atoms with Crippen molar-refractivity contribution >= 4 is 0 Å². The zero-order valence-corrected chi connectivity index (χ0v) is 8.34. The minimum Gasteiger partial charge on any atom is -0.330 e. The predicted octanol–water partition coefficient (Wildman–Crippen LogP) is 0.509. The third kappa shape index (κ3) is 2.22. The molecule has 2 atom stereocenters. The monoisotopic (exact) mass is 183 g/mol. The second-order valence-corrected chi connectivity index (χ2v) is 4.28. The number of nitrogens with zero attached hydrogens (tertiary/aromatic N) is 1. The molecule has 0 aliphatic carbocycles. The zero-order valence-electron chi connectivity index (χ0n) is 8.34. The molecule has 0 aromatic heterocycles. The van der Waals surface area contributed by atoms with Crippen molar-refractivity contribution in [2.24, 2.45) is 5.73 Å². The highest BCUT2D eigenvalue weighted by Gasteiger charge is 2.30. The van der Waals surface area contributed by atoms with Crippen LogP contribution in [0.3, 0.4) is 0 Å². The minimum absolute atomic E-state index is 0.691. The number of nitrogens with one attached hydrogen (secondary N) is 1. The van der Waals surface area contributed by atoms with Gasteiger partial charge < -0.3 is 5.73 Å². The lowest BCUT2D eigenvalue weighted by atomic mass is 10.0. The Hall–Kier alpha value is -0.120. The number of hydrogen-bond donors (Lipinski definition) is 2. The molecule has 2 aliphatic heterocycles. The third-order valence-electron chi connectivity index (χ3n) is 3.31. The molecular weight excluding hydrogens is 162 g/mol. The van der Waals surface area contributed by atoms with Crippen molar-refractivity contribution in [3.05, 3.63) is 0 Å². The van der Waals surface area contributed by atoms with Crippen LogP contribution < -0.4 is 11.1 Å². The predicted molar refractivity (Wildman–Crippen MR) is 54.4 cm³/mol. The second-order valence-electron chi connectivity index (χ2n) is 4.28. The summed E-state index contributed by atoms with van der Waals surface area (Å²) in [6.45, 7) is 3.45. The van der Waals surface area contributed by atoms with Gasteiger partial charge in [0, 0.05) is 12.6 Å². The highest BCUT2D eigenvalue weighted by atomic mass is 15.3. The van der Waals surface area contributed by atoms with E-state index in [0.29, 0.717) is 6.17 Å². The van der Waals surface area contributed by atoms with E-state index in [4.69, 9.17) is 5.73 Å². The van der Waals surface area contributed by atoms with Gasteiger partial charge in [-0.2, -0.15) is 0 Å². The minimum atomic E-state index is 0.691. The molecule has 0 amide bonds. The molecule has 3 N–H and O–H groups in total. The van der Waals surface area contributed by atoms with Gasteiger partial charge in [-0.3, -0.25) is 10.2 Å². The van der Waals surface area contributed by atoms with Gasteiger partial charge in [0.2, 0.25) is 0 Å². The van der Waals surface area contributed by atoms with Crippen LogP contribution in [-0.4, -0.2) is 36.7 Å². The average Bonchev–Trinajstić information content (AvgIpc) is 2.61. The molecule has 3 heteroatoms. The fourth-order valence-corrected chi connectivity index (χ4v) is 2.55. The van der Waals surface area contributed by atoms with Crippen molar-refractivity contribution in [2.45, 2.75) is 44.3 Å². The first-order valence-corrected chi connectivity index (χ1v) is 5.60. The van der Waals surface area contributed by atoms with Crippen molar-refractivity contribution < 1.29 is 0 Å². The van der Waals surface area contributed by atoms with Crippen LogP contribution in [0.5, 0.6) is 0 Å². The van der Waals surface area contributed by atoms with Crippen molar-refractivity contribution in [3.63, 3.8) is 0 Å². The lowest BCUT2D eigenvalue weighted by Gasteiger charge is -2.36. The summed E-state index contributed by atoms with van der Waals surface area (Å²) in [6, 6.07) is 0.739. The Balaban J connectivity index is 1.76. The Morgan fingerprint density at radius 2 is 2.23 bits per heavy atom. The van der Waals surface area contributed by atoms with Gasteiger partial charge in [0.15, 0.2) is 0 Å². The maximum atomic E-state index is 5.51. The van der Waals surface area contributed by atoms with Crippen LogP contribution in [0.1, 0.15) is 32.1 Å². The van der Waals surface area contributed by atoms with Crippen LogP contribution in [-0.2, 0) is 0 Å². The van der Waals surface area contributed by atoms with Crippen molar-refractivity contribution in [2.75, 3.05) is 19.6 Å². The Morgan fingerprint density at radius 1 is 1.31 bits per heavy atom. The van der Waals surface area contributed by atoms with E-state index < -0.39 is 0 Å². The Kier molecular flexibility index (Phi) is 3.19. The zero-order chi connectivity index (χ0) is 9.10. The SMILES string of the molecule is NCCCC1CCN2CCCC2N1. The average molecular weight is 183 g/mol. The molecule has 0 radical (unpaired) electrons. The number of rotatable bonds is 3. The molecule has 2 unspecified atom stereocenters. The highest BCUT2D eigenvalue weighted by molar-refractivity contribution is 4.86. The van der Waals surface area contributed by atoms with E-state index in [0.717, 1.165) is 12.6 Å². The van der Waals surface area contributed by atoms with Crippen molar-refractivity contribution in [1.82, 2.24) is 10.2 Å². The molecular formula is C10H21N3. The molecule has 2 saturated heterocycles. The van der Waals surface area contributed by atoms with Crippen LogP contribution in [0.4, 0.5) is 0 Å². The van der Waals surface area contributed by atoms with E-state index in [2.05, 4.69) is 10.2 Å². The first-order chi connectivity index (χ1) is 6.40. The van der Waals surface area contributed by atoms with Crippen LogP contribution in [0.25, 0.3) is 0 Å². The van der Waals surface area contributed by atoms with Gasteiger partial charge >= 0.3 is 0 Å². The van der Waals surface area contributed by atoms with Gasteiger partial charge in [-0.05, 0) is 45.2 Å². The molecule has 2 heterocycles. The summed E-state index contributed by atoms with van der Waals surface area (Å²) in [7, 11) is 0. The molecule has 76 valence electrons. The number of hydrogen-bond acceptors (Lipinski definition) is 3. The topological polar surface area (TPSA) is 41.3 Å². The number of nitrogens with two attached hydrogens (primary N) is 1. The molecule has 0 saturated carbocycles. The molecule has 2 fully saturated rings. The summed E-state index contributed by atoms with van der Waals surface area (Å²) < 4.78 is 0. The lowest BCUT2D eigenvalue weighted by molar-refractivity contribution is 0.141. The highest BCUT2D eigenvalue weighted by Crippen LogP contribution is 2.21. The maximum Gasteiger partial charge on any atom is 0.0599 e. The molecule has 0 aromatic rings. The summed E-state index contributed by atoms with van der Waals surface area (Å²) in [5, 5.41) is 3.72. The van der Waals surface area contributed by atoms with Gasteiger partial charge in [0.1, 0.15) is 0 Å². The quantitative estimate of drug-likeness (QED) is 0.670. The Morgan fingerprint density at radius 3 is 3.08 bits per heavy atom. The van der Waals surface area contributed by atoms with Gasteiger partial charge in [0.05, 0.1) is 6.17 Å². The van der Waals surface area contributed by atoms with Gasteiger partial charge in [-0.15, -0.1) is 0 Å². The molecule has 2 aliphatic rings. The third-order valence-corrected chi connectivity index (χ3v) is 3.31. The van der Waals surface area contributed by atoms with E-state index in [-0.39, 0.29) is 0 Å². The first kappa shape index (κ1) is 9.44.